The van der Waals surface area contributed by atoms with Gasteiger partial charge in [-0.15, -0.1) is 0 Å². The predicted molar refractivity (Wildman–Crippen MR) is 114 cm³/mol. The van der Waals surface area contributed by atoms with Crippen LogP contribution < -0.4 is 5.32 Å². The molecule has 174 valence electrons. The van der Waals surface area contributed by atoms with Gasteiger partial charge in [0.25, 0.3) is 5.91 Å². The number of hydrogen-bond donors (Lipinski definition) is 1. The van der Waals surface area contributed by atoms with Gasteiger partial charge in [-0.05, 0) is 53.7 Å². The van der Waals surface area contributed by atoms with Gasteiger partial charge >= 0.3 is 0 Å². The number of carbonyl (C=O) groups is 1. The van der Waals surface area contributed by atoms with Crippen molar-refractivity contribution in [1.82, 2.24) is 14.9 Å². The Hall–Kier alpha value is -2.04. The summed E-state index contributed by atoms with van der Waals surface area (Å²) in [7, 11) is 0. The van der Waals surface area contributed by atoms with Crippen molar-refractivity contribution >= 4 is 16.9 Å². The van der Waals surface area contributed by atoms with Gasteiger partial charge in [0.1, 0.15) is 24.1 Å². The van der Waals surface area contributed by atoms with Crippen molar-refractivity contribution in [2.75, 3.05) is 0 Å². The van der Waals surface area contributed by atoms with Gasteiger partial charge in [-0.3, -0.25) is 4.79 Å². The average molecular weight is 446 g/mol. The first kappa shape index (κ1) is 21.8. The maximum atomic E-state index is 13.3. The van der Waals surface area contributed by atoms with Crippen LogP contribution in [0.15, 0.2) is 24.3 Å². The van der Waals surface area contributed by atoms with Gasteiger partial charge in [-0.25, -0.2) is 4.98 Å². The monoisotopic (exact) mass is 445 g/mol. The number of nitrogens with zero attached hydrogens (tertiary/aromatic N) is 2. The van der Waals surface area contributed by atoms with Crippen LogP contribution in [0.2, 0.25) is 0 Å². The van der Waals surface area contributed by atoms with E-state index in [1.165, 1.54) is 0 Å². The first-order valence-corrected chi connectivity index (χ1v) is 11.1. The van der Waals surface area contributed by atoms with E-state index in [9.17, 15) is 4.79 Å². The average Bonchev–Trinajstić information content (AvgIpc) is 3.33. The molecular weight excluding hydrogens is 414 g/mol. The van der Waals surface area contributed by atoms with Gasteiger partial charge in [0.05, 0.1) is 17.6 Å². The fraction of sp³-hybridized carbons (Fsp3) is 0.652. The molecule has 2 aromatic rings. The highest BCUT2D eigenvalue weighted by atomic mass is 16.9. The number of ether oxygens (including phenoxy) is 5. The van der Waals surface area contributed by atoms with E-state index in [1.54, 1.807) is 0 Å². The quantitative estimate of drug-likeness (QED) is 0.773. The van der Waals surface area contributed by atoms with Gasteiger partial charge in [-0.1, -0.05) is 12.1 Å². The molecule has 3 saturated heterocycles. The van der Waals surface area contributed by atoms with Crippen molar-refractivity contribution in [1.29, 1.82) is 0 Å². The van der Waals surface area contributed by atoms with Crippen LogP contribution in [-0.2, 0) is 35.0 Å². The summed E-state index contributed by atoms with van der Waals surface area (Å²) in [5.74, 6) is -1.20. The Morgan fingerprint density at radius 1 is 1.03 bits per heavy atom. The van der Waals surface area contributed by atoms with Crippen LogP contribution in [0.3, 0.4) is 0 Å². The summed E-state index contributed by atoms with van der Waals surface area (Å²) >= 11 is 0. The number of rotatable bonds is 4. The van der Waals surface area contributed by atoms with Crippen LogP contribution in [0, 0.1) is 0 Å². The number of benzene rings is 1. The smallest absolute Gasteiger partial charge is 0.252 e. The van der Waals surface area contributed by atoms with E-state index < -0.39 is 42.3 Å². The molecule has 0 saturated carbocycles. The highest BCUT2D eigenvalue weighted by molar-refractivity contribution is 5.82. The molecule has 5 atom stereocenters. The molecule has 3 aliphatic heterocycles. The molecule has 0 spiro atoms. The second-order valence-corrected chi connectivity index (χ2v) is 9.79. The van der Waals surface area contributed by atoms with Gasteiger partial charge in [0, 0.05) is 6.04 Å². The van der Waals surface area contributed by atoms with E-state index in [1.807, 2.05) is 52.0 Å². The van der Waals surface area contributed by atoms with Crippen LogP contribution in [0.1, 0.15) is 53.4 Å². The molecule has 3 aliphatic rings. The maximum absolute atomic E-state index is 13.3. The number of amides is 1. The lowest BCUT2D eigenvalue weighted by Crippen LogP contribution is -2.59. The highest BCUT2D eigenvalue weighted by Gasteiger charge is 2.62. The van der Waals surface area contributed by atoms with Crippen LogP contribution in [0.5, 0.6) is 0 Å². The maximum Gasteiger partial charge on any atom is 0.252 e. The molecule has 9 nitrogen and oxygen atoms in total. The van der Waals surface area contributed by atoms with Crippen molar-refractivity contribution in [2.45, 2.75) is 96.4 Å². The zero-order valence-electron chi connectivity index (χ0n) is 19.3. The number of fused-ring (bicyclic) bond motifs is 4. The summed E-state index contributed by atoms with van der Waals surface area (Å²) in [4.78, 5) is 18.0. The second kappa shape index (κ2) is 7.50. The number of carbonyl (C=O) groups excluding carboxylic acids is 1. The van der Waals surface area contributed by atoms with Gasteiger partial charge in [0.2, 0.25) is 0 Å². The van der Waals surface area contributed by atoms with Crippen molar-refractivity contribution in [2.24, 2.45) is 0 Å². The van der Waals surface area contributed by atoms with E-state index in [0.717, 1.165) is 16.9 Å². The second-order valence-electron chi connectivity index (χ2n) is 9.79. The summed E-state index contributed by atoms with van der Waals surface area (Å²) in [5, 5.41) is 2.99. The van der Waals surface area contributed by atoms with E-state index in [-0.39, 0.29) is 18.5 Å². The molecule has 1 N–H and O–H groups in total. The SMILES string of the molecule is CC(C)n1c(CNC(=O)C2OC3OC(C)(C)OC3C3OC(C)(C)OC23)nc2ccccc21. The Morgan fingerprint density at radius 2 is 1.69 bits per heavy atom. The Bertz CT molecular complexity index is 1030. The number of para-hydroxylation sites is 2. The molecule has 5 rings (SSSR count). The zero-order valence-corrected chi connectivity index (χ0v) is 19.3. The van der Waals surface area contributed by atoms with Crippen molar-refractivity contribution in [3.8, 4) is 0 Å². The number of aromatic nitrogens is 2. The third kappa shape index (κ3) is 3.72. The summed E-state index contributed by atoms with van der Waals surface area (Å²) < 4.78 is 32.2. The summed E-state index contributed by atoms with van der Waals surface area (Å²) in [6.07, 6.45) is -3.14. The lowest BCUT2D eigenvalue weighted by molar-refractivity contribution is -0.231. The number of hydrogen-bond acceptors (Lipinski definition) is 7. The molecule has 1 aromatic carbocycles. The van der Waals surface area contributed by atoms with Gasteiger partial charge in [-0.2, -0.15) is 0 Å². The lowest BCUT2D eigenvalue weighted by atomic mass is 9.98. The fourth-order valence-corrected chi connectivity index (χ4v) is 4.89. The molecule has 0 radical (unpaired) electrons. The highest BCUT2D eigenvalue weighted by Crippen LogP contribution is 2.44. The molecule has 0 bridgehead atoms. The molecule has 5 unspecified atom stereocenters. The molecule has 1 aromatic heterocycles. The minimum absolute atomic E-state index is 0.198. The van der Waals surface area contributed by atoms with Crippen LogP contribution in [0.4, 0.5) is 0 Å². The fourth-order valence-electron chi connectivity index (χ4n) is 4.89. The van der Waals surface area contributed by atoms with Crippen molar-refractivity contribution in [3.05, 3.63) is 30.1 Å². The molecule has 32 heavy (non-hydrogen) atoms. The first-order valence-electron chi connectivity index (χ1n) is 11.1. The normalized spacial score (nSPS) is 32.8. The number of nitrogens with one attached hydrogen (secondary N) is 1. The standard InChI is InChI=1S/C23H31N3O6/c1-12(2)26-14-10-8-7-9-13(14)25-15(26)11-24-20(27)18-16-17(30-22(3,4)29-16)19-21(28-18)32-23(5,6)31-19/h7-10,12,16-19,21H,11H2,1-6H3,(H,24,27). The van der Waals surface area contributed by atoms with E-state index >= 15 is 0 Å². The summed E-state index contributed by atoms with van der Waals surface area (Å²) in [6, 6.07) is 8.15. The molecule has 4 heterocycles. The van der Waals surface area contributed by atoms with Gasteiger partial charge in [0.15, 0.2) is 24.0 Å². The minimum atomic E-state index is -0.891. The third-order valence-electron chi connectivity index (χ3n) is 6.02. The van der Waals surface area contributed by atoms with E-state index in [0.29, 0.717) is 0 Å². The summed E-state index contributed by atoms with van der Waals surface area (Å²) in [6.45, 7) is 11.7. The minimum Gasteiger partial charge on any atom is -0.347 e. The van der Waals surface area contributed by atoms with Crippen LogP contribution in [-0.4, -0.2) is 57.7 Å². The molecule has 3 fully saturated rings. The van der Waals surface area contributed by atoms with E-state index in [4.69, 9.17) is 28.7 Å². The van der Waals surface area contributed by atoms with Gasteiger partial charge < -0.3 is 33.6 Å². The Morgan fingerprint density at radius 3 is 2.44 bits per heavy atom. The predicted octanol–water partition coefficient (Wildman–Crippen LogP) is 2.63. The molecule has 1 amide bonds. The molecule has 9 heteroatoms. The number of imidazole rings is 1. The van der Waals surface area contributed by atoms with Crippen LogP contribution in [0.25, 0.3) is 11.0 Å². The summed E-state index contributed by atoms with van der Waals surface area (Å²) in [5.41, 5.74) is 1.94. The van der Waals surface area contributed by atoms with Crippen LogP contribution >= 0.6 is 0 Å². The van der Waals surface area contributed by atoms with Crippen molar-refractivity contribution in [3.63, 3.8) is 0 Å². The Kier molecular flexibility index (Phi) is 5.10. The van der Waals surface area contributed by atoms with Crippen molar-refractivity contribution < 1.29 is 28.5 Å². The molecular formula is C23H31N3O6. The largest absolute Gasteiger partial charge is 0.347 e. The lowest BCUT2D eigenvalue weighted by Gasteiger charge is -2.36. The Balaban J connectivity index is 1.37. The molecule has 0 aliphatic carbocycles. The topological polar surface area (TPSA) is 93.1 Å². The Labute approximate surface area is 187 Å². The van der Waals surface area contributed by atoms with E-state index in [2.05, 4.69) is 23.7 Å². The third-order valence-corrected chi connectivity index (χ3v) is 6.02. The zero-order chi connectivity index (χ0) is 22.8. The first-order chi connectivity index (χ1) is 15.0.